The molecule has 0 aromatic rings. The van der Waals surface area contributed by atoms with Crippen LogP contribution >= 0.6 is 0 Å². The molecule has 2 aliphatic heterocycles. The van der Waals surface area contributed by atoms with Gasteiger partial charge in [0.05, 0.1) is 23.8 Å². The second-order valence-electron chi connectivity index (χ2n) is 4.49. The highest BCUT2D eigenvalue weighted by Gasteiger charge is 2.44. The number of nitrogens with zero attached hydrogens (tertiary/aromatic N) is 4. The van der Waals surface area contributed by atoms with Crippen molar-refractivity contribution in [2.24, 2.45) is 20.4 Å². The fourth-order valence-corrected chi connectivity index (χ4v) is 3.16. The Labute approximate surface area is 91.2 Å². The van der Waals surface area contributed by atoms with Crippen LogP contribution in [0.1, 0.15) is 12.8 Å². The third-order valence-electron chi connectivity index (χ3n) is 3.81. The monoisotopic (exact) mass is 206 g/mol. The molecule has 5 aliphatic rings. The van der Waals surface area contributed by atoms with Gasteiger partial charge in [0, 0.05) is 29.6 Å². The number of fused-ring (bicyclic) bond motifs is 7. The second kappa shape index (κ2) is 2.04. The van der Waals surface area contributed by atoms with E-state index in [0.29, 0.717) is 0 Å². The highest BCUT2D eigenvalue weighted by Crippen LogP contribution is 2.55. The van der Waals surface area contributed by atoms with Gasteiger partial charge in [0.25, 0.3) is 0 Å². The molecular formula is C12H6N4. The van der Waals surface area contributed by atoms with Crippen molar-refractivity contribution in [1.29, 1.82) is 0 Å². The summed E-state index contributed by atoms with van der Waals surface area (Å²) in [5.74, 6) is 0. The molecule has 0 aromatic carbocycles. The Morgan fingerprint density at radius 1 is 1.06 bits per heavy atom. The summed E-state index contributed by atoms with van der Waals surface area (Å²) in [5.41, 5.74) is 10.1. The first-order valence-electron chi connectivity index (χ1n) is 5.36. The van der Waals surface area contributed by atoms with Gasteiger partial charge in [0.15, 0.2) is 0 Å². The summed E-state index contributed by atoms with van der Waals surface area (Å²) < 4.78 is 0. The highest BCUT2D eigenvalue weighted by molar-refractivity contribution is 6.31. The Morgan fingerprint density at radius 2 is 2.06 bits per heavy atom. The van der Waals surface area contributed by atoms with E-state index < -0.39 is 0 Å². The molecule has 0 amide bonds. The molecule has 0 saturated carbocycles. The van der Waals surface area contributed by atoms with Crippen LogP contribution in [0, 0.1) is 0 Å². The summed E-state index contributed by atoms with van der Waals surface area (Å²) in [7, 11) is 0. The van der Waals surface area contributed by atoms with Crippen molar-refractivity contribution in [3.05, 3.63) is 45.3 Å². The lowest BCUT2D eigenvalue weighted by Crippen LogP contribution is -2.04. The normalized spacial score (nSPS) is 27.0. The average molecular weight is 206 g/mol. The number of azo groups is 1. The van der Waals surface area contributed by atoms with Crippen LogP contribution in [-0.4, -0.2) is 11.9 Å². The maximum Gasteiger partial charge on any atom is 0.0986 e. The fourth-order valence-electron chi connectivity index (χ4n) is 3.16. The van der Waals surface area contributed by atoms with E-state index in [0.717, 1.165) is 24.3 Å². The van der Waals surface area contributed by atoms with Crippen LogP contribution in [0.2, 0.25) is 0 Å². The van der Waals surface area contributed by atoms with Gasteiger partial charge in [-0.25, -0.2) is 0 Å². The van der Waals surface area contributed by atoms with E-state index in [1.807, 2.05) is 12.4 Å². The van der Waals surface area contributed by atoms with Gasteiger partial charge in [0.1, 0.15) is 0 Å². The van der Waals surface area contributed by atoms with Crippen LogP contribution in [0.25, 0.3) is 0 Å². The zero-order valence-electron chi connectivity index (χ0n) is 8.36. The first kappa shape index (κ1) is 7.22. The number of hydrogen-bond acceptors (Lipinski definition) is 4. The summed E-state index contributed by atoms with van der Waals surface area (Å²) in [6.07, 6.45) is 5.75. The van der Waals surface area contributed by atoms with Gasteiger partial charge in [0.2, 0.25) is 0 Å². The number of hydrogen-bond donors (Lipinski definition) is 0. The van der Waals surface area contributed by atoms with Crippen molar-refractivity contribution in [1.82, 2.24) is 0 Å². The molecule has 0 saturated heterocycles. The van der Waals surface area contributed by atoms with Crippen LogP contribution in [0.5, 0.6) is 0 Å². The molecule has 0 N–H and O–H groups in total. The molecule has 2 heterocycles. The molecule has 3 aliphatic carbocycles. The molecule has 16 heavy (non-hydrogen) atoms. The topological polar surface area (TPSA) is 49.4 Å². The quantitative estimate of drug-likeness (QED) is 0.584. The Kier molecular flexibility index (Phi) is 0.922. The zero-order valence-corrected chi connectivity index (χ0v) is 8.36. The molecule has 74 valence electrons. The predicted octanol–water partition coefficient (Wildman–Crippen LogP) is 2.44. The van der Waals surface area contributed by atoms with Crippen molar-refractivity contribution < 1.29 is 0 Å². The Bertz CT molecular complexity index is 693. The predicted molar refractivity (Wildman–Crippen MR) is 59.2 cm³/mol. The molecule has 5 rings (SSSR count). The van der Waals surface area contributed by atoms with E-state index >= 15 is 0 Å². The average Bonchev–Trinajstić information content (AvgIpc) is 2.99. The van der Waals surface area contributed by atoms with E-state index in [1.54, 1.807) is 0 Å². The van der Waals surface area contributed by atoms with Crippen LogP contribution in [-0.2, 0) is 0 Å². The zero-order chi connectivity index (χ0) is 10.3. The summed E-state index contributed by atoms with van der Waals surface area (Å²) >= 11 is 0. The minimum atomic E-state index is 0.975. The van der Waals surface area contributed by atoms with Gasteiger partial charge in [-0.15, -0.1) is 0 Å². The maximum absolute atomic E-state index is 4.23. The van der Waals surface area contributed by atoms with Gasteiger partial charge < -0.3 is 0 Å². The SMILES string of the molecule is C1=NN=C2C1=C1CC2=C2CC3=CN=NC3=C12. The molecular weight excluding hydrogens is 200 g/mol. The molecule has 0 aromatic heterocycles. The molecule has 4 heteroatoms. The molecule has 2 bridgehead atoms. The third kappa shape index (κ3) is 0.568. The van der Waals surface area contributed by atoms with Crippen molar-refractivity contribution in [3.63, 3.8) is 0 Å². The van der Waals surface area contributed by atoms with Gasteiger partial charge in [-0.2, -0.15) is 20.4 Å². The van der Waals surface area contributed by atoms with Crippen molar-refractivity contribution in [2.75, 3.05) is 0 Å². The number of rotatable bonds is 0. The van der Waals surface area contributed by atoms with Crippen LogP contribution in [0.4, 0.5) is 0 Å². The molecule has 0 unspecified atom stereocenters. The summed E-state index contributed by atoms with van der Waals surface area (Å²) in [6.45, 7) is 0. The summed E-state index contributed by atoms with van der Waals surface area (Å²) in [6, 6.07) is 0. The first-order chi connectivity index (χ1) is 7.93. The van der Waals surface area contributed by atoms with E-state index in [1.165, 1.54) is 33.4 Å². The van der Waals surface area contributed by atoms with Crippen molar-refractivity contribution in [2.45, 2.75) is 12.8 Å². The molecule has 0 fully saturated rings. The summed E-state index contributed by atoms with van der Waals surface area (Å²) in [4.78, 5) is 0. The fraction of sp³-hybridized carbons (Fsp3) is 0.167. The molecule has 0 atom stereocenters. The molecule has 4 nitrogen and oxygen atoms in total. The van der Waals surface area contributed by atoms with E-state index in [4.69, 9.17) is 0 Å². The van der Waals surface area contributed by atoms with Gasteiger partial charge >= 0.3 is 0 Å². The lowest BCUT2D eigenvalue weighted by molar-refractivity contribution is 1.19. The largest absolute Gasteiger partial charge is 0.158 e. The van der Waals surface area contributed by atoms with E-state index in [2.05, 4.69) is 20.4 Å². The minimum absolute atomic E-state index is 0.975. The molecule has 0 spiro atoms. The lowest BCUT2D eigenvalue weighted by Gasteiger charge is -2.07. The number of allylic oxidation sites excluding steroid dienone is 6. The van der Waals surface area contributed by atoms with Crippen LogP contribution in [0.3, 0.4) is 0 Å². The third-order valence-corrected chi connectivity index (χ3v) is 3.81. The Hall–Kier alpha value is -2.10. The highest BCUT2D eigenvalue weighted by atomic mass is 15.2. The van der Waals surface area contributed by atoms with E-state index in [9.17, 15) is 0 Å². The molecule has 0 radical (unpaired) electrons. The van der Waals surface area contributed by atoms with Crippen LogP contribution < -0.4 is 0 Å². The van der Waals surface area contributed by atoms with Gasteiger partial charge in [-0.1, -0.05) is 0 Å². The minimum Gasteiger partial charge on any atom is -0.158 e. The standard InChI is InChI=1S/C12H6N4/c1-5-3-13-15-11(5)10-6(1)8-2-7(10)9-4-14-16-12(8)9/h3-4H,1-2H2. The maximum atomic E-state index is 4.23. The summed E-state index contributed by atoms with van der Waals surface area (Å²) in [5, 5.41) is 16.4. The lowest BCUT2D eigenvalue weighted by atomic mass is 9.95. The Morgan fingerprint density at radius 3 is 3.06 bits per heavy atom. The van der Waals surface area contributed by atoms with Gasteiger partial charge in [-0.3, -0.25) is 0 Å². The first-order valence-corrected chi connectivity index (χ1v) is 5.36. The van der Waals surface area contributed by atoms with Crippen molar-refractivity contribution in [3.8, 4) is 0 Å². The van der Waals surface area contributed by atoms with E-state index in [-0.39, 0.29) is 0 Å². The van der Waals surface area contributed by atoms with Crippen LogP contribution in [0.15, 0.2) is 65.8 Å². The Balaban J connectivity index is 1.93. The second-order valence-corrected chi connectivity index (χ2v) is 4.49. The smallest absolute Gasteiger partial charge is 0.0986 e. The van der Waals surface area contributed by atoms with Crippen molar-refractivity contribution >= 4 is 11.9 Å². The van der Waals surface area contributed by atoms with Gasteiger partial charge in [-0.05, 0) is 16.7 Å².